The zero-order valence-corrected chi connectivity index (χ0v) is 9.87. The number of nitrogens with two attached hydrogens (primary N) is 2. The predicted molar refractivity (Wildman–Crippen MR) is 71.5 cm³/mol. The van der Waals surface area contributed by atoms with Crippen molar-refractivity contribution in [3.8, 4) is 11.1 Å². The Morgan fingerprint density at radius 2 is 1.63 bits per heavy atom. The Morgan fingerprint density at radius 1 is 1.05 bits per heavy atom. The second-order valence-corrected chi connectivity index (χ2v) is 3.98. The lowest BCUT2D eigenvalue weighted by molar-refractivity contribution is -0.385. The van der Waals surface area contributed by atoms with Gasteiger partial charge in [0.2, 0.25) is 0 Å². The Balaban J connectivity index is 2.55. The third-order valence-corrected chi connectivity index (χ3v) is 2.70. The van der Waals surface area contributed by atoms with Crippen LogP contribution in [0.1, 0.15) is 10.4 Å². The molecule has 0 unspecified atom stereocenters. The number of nitrogens with zero attached hydrogens (tertiary/aromatic N) is 1. The van der Waals surface area contributed by atoms with Crippen LogP contribution < -0.4 is 11.5 Å². The molecule has 0 radical (unpaired) electrons. The zero-order chi connectivity index (χ0) is 14.0. The lowest BCUT2D eigenvalue weighted by Crippen LogP contribution is -2.13. The molecular formula is C13H11N3O3. The van der Waals surface area contributed by atoms with Gasteiger partial charge >= 0.3 is 0 Å². The fraction of sp³-hybridized carbons (Fsp3) is 0. The van der Waals surface area contributed by atoms with E-state index in [0.717, 1.165) is 5.56 Å². The van der Waals surface area contributed by atoms with Crippen LogP contribution in [0.25, 0.3) is 11.1 Å². The number of hydrogen-bond donors (Lipinski definition) is 2. The van der Waals surface area contributed by atoms with Gasteiger partial charge in [-0.2, -0.15) is 0 Å². The summed E-state index contributed by atoms with van der Waals surface area (Å²) in [6.45, 7) is 0. The van der Waals surface area contributed by atoms with Crippen LogP contribution in [0.2, 0.25) is 0 Å². The molecule has 2 aromatic carbocycles. The smallest absolute Gasteiger partial charge is 0.282 e. The number of carbonyl (C=O) groups is 1. The van der Waals surface area contributed by atoms with E-state index in [1.807, 2.05) is 0 Å². The molecule has 0 aliphatic rings. The van der Waals surface area contributed by atoms with Crippen molar-refractivity contribution >= 4 is 17.3 Å². The number of amides is 1. The highest BCUT2D eigenvalue weighted by molar-refractivity contribution is 5.97. The van der Waals surface area contributed by atoms with Gasteiger partial charge in [-0.05, 0) is 29.3 Å². The van der Waals surface area contributed by atoms with Gasteiger partial charge in [0.25, 0.3) is 11.6 Å². The first kappa shape index (κ1) is 12.6. The number of hydrogen-bond acceptors (Lipinski definition) is 4. The summed E-state index contributed by atoms with van der Waals surface area (Å²) < 4.78 is 0. The van der Waals surface area contributed by atoms with Gasteiger partial charge < -0.3 is 11.5 Å². The van der Waals surface area contributed by atoms with Gasteiger partial charge in [0, 0.05) is 11.8 Å². The number of carbonyl (C=O) groups excluding carboxylic acids is 1. The molecule has 19 heavy (non-hydrogen) atoms. The number of nitrogen functional groups attached to an aromatic ring is 1. The first-order chi connectivity index (χ1) is 8.99. The van der Waals surface area contributed by atoms with Gasteiger partial charge in [-0.15, -0.1) is 0 Å². The third-order valence-electron chi connectivity index (χ3n) is 2.70. The molecule has 0 heterocycles. The highest BCUT2D eigenvalue weighted by Crippen LogP contribution is 2.27. The average molecular weight is 257 g/mol. The Kier molecular flexibility index (Phi) is 3.15. The molecule has 6 heteroatoms. The van der Waals surface area contributed by atoms with E-state index in [2.05, 4.69) is 0 Å². The van der Waals surface area contributed by atoms with Crippen molar-refractivity contribution < 1.29 is 9.72 Å². The lowest BCUT2D eigenvalue weighted by Gasteiger charge is -2.04. The fourth-order valence-electron chi connectivity index (χ4n) is 1.75. The number of primary amides is 1. The van der Waals surface area contributed by atoms with E-state index in [4.69, 9.17) is 11.5 Å². The second-order valence-electron chi connectivity index (χ2n) is 3.98. The minimum Gasteiger partial charge on any atom is -0.399 e. The van der Waals surface area contributed by atoms with Crippen LogP contribution in [0, 0.1) is 10.1 Å². The molecule has 0 aliphatic carbocycles. The maximum absolute atomic E-state index is 11.1. The monoisotopic (exact) mass is 257 g/mol. The summed E-state index contributed by atoms with van der Waals surface area (Å²) in [5, 5.41) is 10.9. The van der Waals surface area contributed by atoms with Crippen LogP contribution in [0.15, 0.2) is 42.5 Å². The standard InChI is InChI=1S/C13H11N3O3/c14-10-4-1-8(2-5-10)9-3-6-11(13(15)17)12(7-9)16(18)19/h1-7H,14H2,(H2,15,17). The highest BCUT2D eigenvalue weighted by Gasteiger charge is 2.18. The molecule has 96 valence electrons. The molecule has 6 nitrogen and oxygen atoms in total. The van der Waals surface area contributed by atoms with E-state index >= 15 is 0 Å². The van der Waals surface area contributed by atoms with Gasteiger partial charge in [0.05, 0.1) is 4.92 Å². The molecular weight excluding hydrogens is 246 g/mol. The maximum atomic E-state index is 11.1. The van der Waals surface area contributed by atoms with Gasteiger partial charge in [-0.25, -0.2) is 0 Å². The molecule has 4 N–H and O–H groups in total. The topological polar surface area (TPSA) is 112 Å². The SMILES string of the molecule is NC(=O)c1ccc(-c2ccc(N)cc2)cc1[N+](=O)[O-]. The van der Waals surface area contributed by atoms with Crippen molar-refractivity contribution in [1.29, 1.82) is 0 Å². The molecule has 1 amide bonds. The molecule has 0 bridgehead atoms. The number of nitro benzene ring substituents is 1. The minimum absolute atomic E-state index is 0.107. The first-order valence-corrected chi connectivity index (χ1v) is 5.43. The Labute approximate surface area is 108 Å². The van der Waals surface area contributed by atoms with Crippen molar-refractivity contribution in [2.24, 2.45) is 5.73 Å². The number of nitro groups is 1. The normalized spacial score (nSPS) is 10.1. The molecule has 0 saturated carbocycles. The molecule has 0 saturated heterocycles. The van der Waals surface area contributed by atoms with Crippen molar-refractivity contribution in [2.75, 3.05) is 5.73 Å². The first-order valence-electron chi connectivity index (χ1n) is 5.43. The van der Waals surface area contributed by atoms with E-state index in [1.54, 1.807) is 30.3 Å². The van der Waals surface area contributed by atoms with E-state index in [0.29, 0.717) is 11.3 Å². The largest absolute Gasteiger partial charge is 0.399 e. The molecule has 2 rings (SSSR count). The van der Waals surface area contributed by atoms with Crippen LogP contribution in [-0.4, -0.2) is 10.8 Å². The number of anilines is 1. The maximum Gasteiger partial charge on any atom is 0.282 e. The fourth-order valence-corrected chi connectivity index (χ4v) is 1.75. The Morgan fingerprint density at radius 3 is 2.16 bits per heavy atom. The zero-order valence-electron chi connectivity index (χ0n) is 9.87. The molecule has 0 spiro atoms. The van der Waals surface area contributed by atoms with E-state index < -0.39 is 10.8 Å². The van der Waals surface area contributed by atoms with Crippen LogP contribution in [0.4, 0.5) is 11.4 Å². The van der Waals surface area contributed by atoms with Crippen LogP contribution in [-0.2, 0) is 0 Å². The predicted octanol–water partition coefficient (Wildman–Crippen LogP) is 1.94. The van der Waals surface area contributed by atoms with E-state index in [-0.39, 0.29) is 11.3 Å². The van der Waals surface area contributed by atoms with Crippen molar-refractivity contribution in [3.05, 3.63) is 58.1 Å². The molecule has 0 atom stereocenters. The van der Waals surface area contributed by atoms with E-state index in [9.17, 15) is 14.9 Å². The van der Waals surface area contributed by atoms with Crippen molar-refractivity contribution in [1.82, 2.24) is 0 Å². The molecule has 0 aliphatic heterocycles. The van der Waals surface area contributed by atoms with Gasteiger partial charge in [-0.3, -0.25) is 14.9 Å². The second kappa shape index (κ2) is 4.77. The Bertz CT molecular complexity index is 651. The number of benzene rings is 2. The quantitative estimate of drug-likeness (QED) is 0.497. The summed E-state index contributed by atoms with van der Waals surface area (Å²) in [6, 6.07) is 11.2. The average Bonchev–Trinajstić information content (AvgIpc) is 2.38. The van der Waals surface area contributed by atoms with Crippen LogP contribution >= 0.6 is 0 Å². The third kappa shape index (κ3) is 2.52. The summed E-state index contributed by atoms with van der Waals surface area (Å²) in [5.41, 5.74) is 12.3. The van der Waals surface area contributed by atoms with Gasteiger partial charge in [-0.1, -0.05) is 18.2 Å². The summed E-state index contributed by atoms with van der Waals surface area (Å²) >= 11 is 0. The molecule has 0 aromatic heterocycles. The highest BCUT2D eigenvalue weighted by atomic mass is 16.6. The lowest BCUT2D eigenvalue weighted by atomic mass is 10.0. The molecule has 0 fully saturated rings. The Hall–Kier alpha value is -2.89. The summed E-state index contributed by atoms with van der Waals surface area (Å²) in [4.78, 5) is 21.4. The summed E-state index contributed by atoms with van der Waals surface area (Å²) in [5.74, 6) is -0.824. The summed E-state index contributed by atoms with van der Waals surface area (Å²) in [7, 11) is 0. The summed E-state index contributed by atoms with van der Waals surface area (Å²) in [6.07, 6.45) is 0. The van der Waals surface area contributed by atoms with Crippen molar-refractivity contribution in [3.63, 3.8) is 0 Å². The minimum atomic E-state index is -0.824. The van der Waals surface area contributed by atoms with Gasteiger partial charge in [0.1, 0.15) is 5.56 Å². The molecule has 2 aromatic rings. The van der Waals surface area contributed by atoms with Gasteiger partial charge in [0.15, 0.2) is 0 Å². The van der Waals surface area contributed by atoms with Crippen molar-refractivity contribution in [2.45, 2.75) is 0 Å². The van der Waals surface area contributed by atoms with Crippen LogP contribution in [0.3, 0.4) is 0 Å². The number of rotatable bonds is 3. The van der Waals surface area contributed by atoms with E-state index in [1.165, 1.54) is 12.1 Å². The van der Waals surface area contributed by atoms with Crippen LogP contribution in [0.5, 0.6) is 0 Å².